The molecule has 29 heavy (non-hydrogen) atoms. The number of anilines is 1. The van der Waals surface area contributed by atoms with E-state index < -0.39 is 0 Å². The number of piperazine rings is 1. The van der Waals surface area contributed by atoms with Crippen LogP contribution in [0.4, 0.5) is 5.69 Å². The van der Waals surface area contributed by atoms with Gasteiger partial charge in [0.15, 0.2) is 0 Å². The lowest BCUT2D eigenvalue weighted by atomic mass is 10.1. The summed E-state index contributed by atoms with van der Waals surface area (Å²) < 4.78 is 1.78. The lowest BCUT2D eigenvalue weighted by molar-refractivity contribution is 0.284. The van der Waals surface area contributed by atoms with Gasteiger partial charge in [0.05, 0.1) is 11.9 Å². The molecular weight excluding hydrogens is 384 g/mol. The summed E-state index contributed by atoms with van der Waals surface area (Å²) in [5.74, 6) is 0.604. The summed E-state index contributed by atoms with van der Waals surface area (Å²) >= 11 is 0. The zero-order valence-corrected chi connectivity index (χ0v) is 17.7. The van der Waals surface area contributed by atoms with Gasteiger partial charge in [-0.15, -0.1) is 12.4 Å². The molecule has 7 heteroatoms. The van der Waals surface area contributed by atoms with Crippen LogP contribution >= 0.6 is 12.4 Å². The zero-order chi connectivity index (χ0) is 19.3. The van der Waals surface area contributed by atoms with Crippen LogP contribution in [0.5, 0.6) is 0 Å². The number of hydrogen-bond acceptors (Lipinski definition) is 5. The Labute approximate surface area is 178 Å². The van der Waals surface area contributed by atoms with Crippen LogP contribution in [0.25, 0.3) is 12.0 Å². The van der Waals surface area contributed by atoms with Gasteiger partial charge in [-0.05, 0) is 31.5 Å². The lowest BCUT2D eigenvalue weighted by Gasteiger charge is -2.36. The molecule has 0 spiro atoms. The quantitative estimate of drug-likeness (QED) is 0.644. The van der Waals surface area contributed by atoms with Crippen LogP contribution in [0, 0.1) is 13.8 Å². The van der Waals surface area contributed by atoms with E-state index in [-0.39, 0.29) is 12.4 Å². The third-order valence-electron chi connectivity index (χ3n) is 5.28. The van der Waals surface area contributed by atoms with Crippen molar-refractivity contribution in [2.45, 2.75) is 13.8 Å². The van der Waals surface area contributed by atoms with Gasteiger partial charge in [-0.1, -0.05) is 30.4 Å². The van der Waals surface area contributed by atoms with Crippen LogP contribution in [0.3, 0.4) is 0 Å². The van der Waals surface area contributed by atoms with Crippen molar-refractivity contribution in [1.82, 2.24) is 24.6 Å². The highest BCUT2D eigenvalue weighted by molar-refractivity contribution is 5.85. The summed E-state index contributed by atoms with van der Waals surface area (Å²) in [6, 6.07) is 10.4. The van der Waals surface area contributed by atoms with Gasteiger partial charge in [0, 0.05) is 56.4 Å². The fraction of sp³-hybridized carbons (Fsp3) is 0.318. The molecule has 3 aromatic rings. The van der Waals surface area contributed by atoms with Crippen molar-refractivity contribution in [2.24, 2.45) is 0 Å². The number of hydrogen-bond donors (Lipinski definition) is 0. The first kappa shape index (κ1) is 21.0. The molecule has 3 heterocycles. The molecule has 1 aliphatic heterocycles. The SMILES string of the molecule is Cc1ccccc1N1CCN(CC=Cc2cnn(-c3ncccn3)c2C)CC1.Cl. The summed E-state index contributed by atoms with van der Waals surface area (Å²) in [4.78, 5) is 13.5. The summed E-state index contributed by atoms with van der Waals surface area (Å²) in [6.07, 6.45) is 9.71. The zero-order valence-electron chi connectivity index (χ0n) is 16.9. The summed E-state index contributed by atoms with van der Waals surface area (Å²) in [5.41, 5.74) is 4.87. The fourth-order valence-corrected chi connectivity index (χ4v) is 3.61. The highest BCUT2D eigenvalue weighted by Crippen LogP contribution is 2.20. The topological polar surface area (TPSA) is 50.1 Å². The molecule has 152 valence electrons. The molecule has 0 radical (unpaired) electrons. The second kappa shape index (κ2) is 9.67. The van der Waals surface area contributed by atoms with Crippen molar-refractivity contribution in [3.05, 3.63) is 71.8 Å². The van der Waals surface area contributed by atoms with E-state index in [1.807, 2.05) is 19.2 Å². The van der Waals surface area contributed by atoms with E-state index in [2.05, 4.69) is 68.2 Å². The van der Waals surface area contributed by atoms with Gasteiger partial charge in [-0.3, -0.25) is 4.90 Å². The summed E-state index contributed by atoms with van der Waals surface area (Å²) in [7, 11) is 0. The van der Waals surface area contributed by atoms with Crippen LogP contribution < -0.4 is 4.90 Å². The Hall–Kier alpha value is -2.70. The smallest absolute Gasteiger partial charge is 0.250 e. The molecule has 0 atom stereocenters. The van der Waals surface area contributed by atoms with Gasteiger partial charge in [0.2, 0.25) is 0 Å². The highest BCUT2D eigenvalue weighted by atomic mass is 35.5. The van der Waals surface area contributed by atoms with E-state index in [4.69, 9.17) is 0 Å². The van der Waals surface area contributed by atoms with Crippen LogP contribution in [-0.4, -0.2) is 57.4 Å². The third-order valence-corrected chi connectivity index (χ3v) is 5.28. The minimum absolute atomic E-state index is 0. The minimum Gasteiger partial charge on any atom is -0.369 e. The molecule has 0 unspecified atom stereocenters. The average Bonchev–Trinajstić information content (AvgIpc) is 3.10. The Morgan fingerprint density at radius 2 is 1.69 bits per heavy atom. The number of nitrogens with zero attached hydrogens (tertiary/aromatic N) is 6. The molecule has 1 saturated heterocycles. The van der Waals surface area contributed by atoms with Gasteiger partial charge in [-0.2, -0.15) is 5.10 Å². The van der Waals surface area contributed by atoms with Crippen molar-refractivity contribution in [2.75, 3.05) is 37.6 Å². The molecule has 1 fully saturated rings. The lowest BCUT2D eigenvalue weighted by Crippen LogP contribution is -2.46. The van der Waals surface area contributed by atoms with Crippen molar-refractivity contribution >= 4 is 24.2 Å². The van der Waals surface area contributed by atoms with Crippen LogP contribution in [0.1, 0.15) is 16.8 Å². The van der Waals surface area contributed by atoms with Crippen LogP contribution in [0.15, 0.2) is 55.0 Å². The number of para-hydroxylation sites is 1. The first-order chi connectivity index (χ1) is 13.7. The second-order valence-electron chi connectivity index (χ2n) is 7.12. The first-order valence-electron chi connectivity index (χ1n) is 9.74. The molecule has 4 rings (SSSR count). The molecule has 0 saturated carbocycles. The van der Waals surface area contributed by atoms with Crippen LogP contribution in [-0.2, 0) is 0 Å². The molecule has 0 bridgehead atoms. The maximum absolute atomic E-state index is 4.42. The van der Waals surface area contributed by atoms with Gasteiger partial charge in [0.25, 0.3) is 5.95 Å². The molecule has 0 N–H and O–H groups in total. The van der Waals surface area contributed by atoms with Crippen molar-refractivity contribution in [3.8, 4) is 5.95 Å². The predicted molar refractivity (Wildman–Crippen MR) is 120 cm³/mol. The normalized spacial score (nSPS) is 14.9. The maximum atomic E-state index is 4.42. The highest BCUT2D eigenvalue weighted by Gasteiger charge is 2.17. The predicted octanol–water partition coefficient (Wildman–Crippen LogP) is 3.54. The molecule has 2 aromatic heterocycles. The number of aryl methyl sites for hydroxylation is 1. The van der Waals surface area contributed by atoms with Gasteiger partial charge >= 0.3 is 0 Å². The van der Waals surface area contributed by atoms with Crippen molar-refractivity contribution in [3.63, 3.8) is 0 Å². The second-order valence-corrected chi connectivity index (χ2v) is 7.12. The van der Waals surface area contributed by atoms with Crippen LogP contribution in [0.2, 0.25) is 0 Å². The van der Waals surface area contributed by atoms with E-state index in [1.54, 1.807) is 17.1 Å². The molecule has 6 nitrogen and oxygen atoms in total. The van der Waals surface area contributed by atoms with E-state index in [9.17, 15) is 0 Å². The van der Waals surface area contributed by atoms with Gasteiger partial charge in [0.1, 0.15) is 0 Å². The standard InChI is InChI=1S/C22H26N6.ClH/c1-18-7-3-4-9-21(18)27-15-13-26(14-16-27)12-5-8-20-17-25-28(19(20)2)22-23-10-6-11-24-22;/h3-11,17H,12-16H2,1-2H3;1H. The Balaban J connectivity index is 0.00000240. The van der Waals surface area contributed by atoms with E-state index in [0.29, 0.717) is 5.95 Å². The number of aromatic nitrogens is 4. The summed E-state index contributed by atoms with van der Waals surface area (Å²) in [6.45, 7) is 9.48. The number of rotatable bonds is 5. The molecule has 1 aromatic carbocycles. The van der Waals surface area contributed by atoms with Crippen molar-refractivity contribution < 1.29 is 0 Å². The molecular formula is C22H27ClN6. The Kier molecular flexibility index (Phi) is 7.01. The minimum atomic E-state index is 0. The van der Waals surface area contributed by atoms with E-state index in [0.717, 1.165) is 44.0 Å². The average molecular weight is 411 g/mol. The Morgan fingerprint density at radius 3 is 2.41 bits per heavy atom. The van der Waals surface area contributed by atoms with Crippen molar-refractivity contribution in [1.29, 1.82) is 0 Å². The molecule has 0 amide bonds. The Bertz CT molecular complexity index is 945. The first-order valence-corrected chi connectivity index (χ1v) is 9.74. The fourth-order valence-electron chi connectivity index (χ4n) is 3.61. The molecule has 1 aliphatic rings. The number of halogens is 1. The van der Waals surface area contributed by atoms with E-state index >= 15 is 0 Å². The summed E-state index contributed by atoms with van der Waals surface area (Å²) in [5, 5.41) is 4.42. The Morgan fingerprint density at radius 1 is 0.966 bits per heavy atom. The van der Waals surface area contributed by atoms with Gasteiger partial charge < -0.3 is 4.90 Å². The third kappa shape index (κ3) is 4.83. The maximum Gasteiger partial charge on any atom is 0.250 e. The monoisotopic (exact) mass is 410 g/mol. The largest absolute Gasteiger partial charge is 0.369 e. The van der Waals surface area contributed by atoms with E-state index in [1.165, 1.54) is 11.3 Å². The molecule has 0 aliphatic carbocycles. The van der Waals surface area contributed by atoms with Gasteiger partial charge in [-0.25, -0.2) is 14.6 Å². The number of benzene rings is 1.